The van der Waals surface area contributed by atoms with Gasteiger partial charge in [-0.1, -0.05) is 24.3 Å². The summed E-state index contributed by atoms with van der Waals surface area (Å²) in [6.07, 6.45) is 1.59. The molecule has 3 heterocycles. The van der Waals surface area contributed by atoms with Crippen LogP contribution >= 0.6 is 0 Å². The van der Waals surface area contributed by atoms with Gasteiger partial charge in [0, 0.05) is 22.5 Å². The van der Waals surface area contributed by atoms with Crippen LogP contribution in [0.15, 0.2) is 65.6 Å². The van der Waals surface area contributed by atoms with Gasteiger partial charge in [0.2, 0.25) is 11.2 Å². The highest BCUT2D eigenvalue weighted by Gasteiger charge is 2.18. The van der Waals surface area contributed by atoms with Gasteiger partial charge in [-0.3, -0.25) is 9.20 Å². The zero-order chi connectivity index (χ0) is 16.3. The van der Waals surface area contributed by atoms with Crippen molar-refractivity contribution in [2.45, 2.75) is 0 Å². The van der Waals surface area contributed by atoms with Crippen LogP contribution < -0.4 is 5.43 Å². The Kier molecular flexibility index (Phi) is 2.51. The molecule has 0 saturated carbocycles. The van der Waals surface area contributed by atoms with Gasteiger partial charge >= 0.3 is 0 Å². The summed E-state index contributed by atoms with van der Waals surface area (Å²) in [5.41, 5.74) is 2.78. The third-order valence-electron chi connectivity index (χ3n) is 4.30. The lowest BCUT2D eigenvalue weighted by Gasteiger charge is -2.06. The fourth-order valence-electron chi connectivity index (χ4n) is 3.23. The fraction of sp³-hybridized carbons (Fsp3) is 0. The molecule has 0 amide bonds. The maximum Gasteiger partial charge on any atom is 0.235 e. The number of hydrogen-bond acceptors (Lipinski definition) is 3. The summed E-state index contributed by atoms with van der Waals surface area (Å²) in [6, 6.07) is 15.3. The predicted molar refractivity (Wildman–Crippen MR) is 90.8 cm³/mol. The van der Waals surface area contributed by atoms with E-state index in [0.717, 1.165) is 16.5 Å². The van der Waals surface area contributed by atoms with Crippen LogP contribution in [0, 0.1) is 5.82 Å². The Morgan fingerprint density at radius 1 is 0.917 bits per heavy atom. The molecule has 2 aromatic carbocycles. The molecule has 0 aliphatic rings. The second-order valence-electron chi connectivity index (χ2n) is 5.66. The molecule has 0 radical (unpaired) electrons. The zero-order valence-electron chi connectivity index (χ0n) is 12.4. The van der Waals surface area contributed by atoms with Gasteiger partial charge in [-0.15, -0.1) is 0 Å². The van der Waals surface area contributed by atoms with Gasteiger partial charge in [0.15, 0.2) is 0 Å². The van der Waals surface area contributed by atoms with E-state index in [1.807, 2.05) is 24.3 Å². The van der Waals surface area contributed by atoms with Gasteiger partial charge in [-0.05, 0) is 30.3 Å². The first kappa shape index (κ1) is 13.1. The molecular formula is C19H10FN3O. The molecule has 0 saturated heterocycles. The summed E-state index contributed by atoms with van der Waals surface area (Å²) in [5, 5.41) is 1.45. The number of halogens is 1. The third kappa shape index (κ3) is 1.64. The van der Waals surface area contributed by atoms with Crippen molar-refractivity contribution < 1.29 is 4.39 Å². The predicted octanol–water partition coefficient (Wildman–Crippen LogP) is 3.64. The van der Waals surface area contributed by atoms with Gasteiger partial charge in [-0.25, -0.2) is 14.4 Å². The maximum absolute atomic E-state index is 13.3. The van der Waals surface area contributed by atoms with Crippen molar-refractivity contribution in [3.63, 3.8) is 0 Å². The van der Waals surface area contributed by atoms with Gasteiger partial charge < -0.3 is 0 Å². The fourth-order valence-corrected chi connectivity index (χ4v) is 3.23. The zero-order valence-corrected chi connectivity index (χ0v) is 12.4. The Balaban J connectivity index is 2.07. The number of nitrogens with zero attached hydrogens (tertiary/aromatic N) is 3. The molecule has 0 atom stereocenters. The van der Waals surface area contributed by atoms with E-state index in [-0.39, 0.29) is 11.2 Å². The molecule has 0 unspecified atom stereocenters. The standard InChI is InChI=1S/C19H10FN3O/c20-12-7-5-11(6-8-12)16-17-13-3-1-2-4-14(13)18(24)15-9-10-21-19(22-16)23(15)17/h1-10H. The van der Waals surface area contributed by atoms with Crippen molar-refractivity contribution in [3.05, 3.63) is 76.8 Å². The number of fused-ring (bicyclic) bond motifs is 2. The molecule has 114 valence electrons. The van der Waals surface area contributed by atoms with E-state index >= 15 is 0 Å². The maximum atomic E-state index is 13.3. The molecule has 24 heavy (non-hydrogen) atoms. The average Bonchev–Trinajstić information content (AvgIpc) is 3.01. The number of rotatable bonds is 1. The number of aromatic nitrogens is 3. The molecule has 0 fully saturated rings. The Hall–Kier alpha value is -3.34. The lowest BCUT2D eigenvalue weighted by atomic mass is 10.1. The van der Waals surface area contributed by atoms with Crippen molar-refractivity contribution in [2.75, 3.05) is 0 Å². The van der Waals surface area contributed by atoms with Crippen molar-refractivity contribution in [1.82, 2.24) is 14.4 Å². The first-order valence-electron chi connectivity index (χ1n) is 7.51. The second kappa shape index (κ2) is 4.58. The molecule has 0 aliphatic carbocycles. The Bertz CT molecular complexity index is 1280. The minimum absolute atomic E-state index is 0.0476. The summed E-state index contributed by atoms with van der Waals surface area (Å²) >= 11 is 0. The smallest absolute Gasteiger partial charge is 0.235 e. The van der Waals surface area contributed by atoms with Crippen LogP contribution in [0.3, 0.4) is 0 Å². The average molecular weight is 315 g/mol. The molecular weight excluding hydrogens is 305 g/mol. The SMILES string of the molecule is O=c1c2ccccc2c2c(-c3ccc(F)cc3)nc3nccc1n32. The summed E-state index contributed by atoms with van der Waals surface area (Å²) in [6.45, 7) is 0. The summed E-state index contributed by atoms with van der Waals surface area (Å²) in [4.78, 5) is 21.6. The number of benzene rings is 2. The lowest BCUT2D eigenvalue weighted by Crippen LogP contribution is -2.08. The molecule has 0 N–H and O–H groups in total. The minimum Gasteiger partial charge on any atom is -0.287 e. The van der Waals surface area contributed by atoms with Crippen LogP contribution in [-0.2, 0) is 0 Å². The monoisotopic (exact) mass is 315 g/mol. The second-order valence-corrected chi connectivity index (χ2v) is 5.66. The van der Waals surface area contributed by atoms with Crippen LogP contribution in [0.4, 0.5) is 4.39 Å². The molecule has 5 rings (SSSR count). The molecule has 0 spiro atoms. The largest absolute Gasteiger partial charge is 0.287 e. The van der Waals surface area contributed by atoms with Gasteiger partial charge in [0.1, 0.15) is 5.82 Å². The minimum atomic E-state index is -0.300. The van der Waals surface area contributed by atoms with E-state index in [0.29, 0.717) is 22.4 Å². The van der Waals surface area contributed by atoms with E-state index in [2.05, 4.69) is 9.97 Å². The molecule has 4 nitrogen and oxygen atoms in total. The summed E-state index contributed by atoms with van der Waals surface area (Å²) < 4.78 is 15.1. The highest BCUT2D eigenvalue weighted by molar-refractivity contribution is 6.05. The van der Waals surface area contributed by atoms with Crippen LogP contribution in [0.5, 0.6) is 0 Å². The molecule has 0 aliphatic heterocycles. The van der Waals surface area contributed by atoms with Gasteiger partial charge in [-0.2, -0.15) is 0 Å². The molecule has 3 aromatic heterocycles. The van der Waals surface area contributed by atoms with Crippen molar-refractivity contribution >= 4 is 27.6 Å². The van der Waals surface area contributed by atoms with Gasteiger partial charge in [0.05, 0.1) is 16.7 Å². The van der Waals surface area contributed by atoms with E-state index in [9.17, 15) is 9.18 Å². The number of pyridine rings is 1. The molecule has 5 aromatic rings. The Labute approximate surface area is 135 Å². The topological polar surface area (TPSA) is 47.3 Å². The van der Waals surface area contributed by atoms with Crippen molar-refractivity contribution in [2.24, 2.45) is 0 Å². The van der Waals surface area contributed by atoms with Crippen LogP contribution in [0.2, 0.25) is 0 Å². The first-order valence-corrected chi connectivity index (χ1v) is 7.51. The quantitative estimate of drug-likeness (QED) is 0.444. The number of imidazole rings is 1. The summed E-state index contributed by atoms with van der Waals surface area (Å²) in [5.74, 6) is 0.162. The van der Waals surface area contributed by atoms with E-state index in [1.165, 1.54) is 12.1 Å². The van der Waals surface area contributed by atoms with Gasteiger partial charge in [0.25, 0.3) is 0 Å². The van der Waals surface area contributed by atoms with Crippen LogP contribution in [0.1, 0.15) is 0 Å². The highest BCUT2D eigenvalue weighted by Crippen LogP contribution is 2.31. The van der Waals surface area contributed by atoms with Crippen LogP contribution in [0.25, 0.3) is 38.8 Å². The lowest BCUT2D eigenvalue weighted by molar-refractivity contribution is 0.628. The summed E-state index contributed by atoms with van der Waals surface area (Å²) in [7, 11) is 0. The molecule has 0 bridgehead atoms. The normalized spacial score (nSPS) is 11.7. The van der Waals surface area contributed by atoms with E-state index in [4.69, 9.17) is 0 Å². The van der Waals surface area contributed by atoms with Crippen LogP contribution in [-0.4, -0.2) is 14.4 Å². The highest BCUT2D eigenvalue weighted by atomic mass is 19.1. The molecule has 5 heteroatoms. The van der Waals surface area contributed by atoms with Crippen molar-refractivity contribution in [1.29, 1.82) is 0 Å². The van der Waals surface area contributed by atoms with E-state index in [1.54, 1.807) is 28.8 Å². The van der Waals surface area contributed by atoms with Crippen molar-refractivity contribution in [3.8, 4) is 11.3 Å². The third-order valence-corrected chi connectivity index (χ3v) is 4.30. The number of hydrogen-bond donors (Lipinski definition) is 0. The first-order chi connectivity index (χ1) is 11.7. The van der Waals surface area contributed by atoms with E-state index < -0.39 is 0 Å². The Morgan fingerprint density at radius 2 is 1.67 bits per heavy atom. The Morgan fingerprint density at radius 3 is 2.46 bits per heavy atom.